The van der Waals surface area contributed by atoms with E-state index in [1.165, 1.54) is 0 Å². The number of aromatic nitrogens is 2. The molecule has 0 unspecified atom stereocenters. The van der Waals surface area contributed by atoms with Crippen molar-refractivity contribution >= 4 is 0 Å². The molecule has 0 N–H and O–H groups in total. The average molecular weight is 241 g/mol. The number of imidazole rings is 1. The molecule has 0 saturated heterocycles. The summed E-state index contributed by atoms with van der Waals surface area (Å²) in [5.74, 6) is 1.71. The number of hydrogen-bond acceptors (Lipinski definition) is 3. The summed E-state index contributed by atoms with van der Waals surface area (Å²) < 4.78 is 7.68. The fourth-order valence-corrected chi connectivity index (χ4v) is 1.71. The Morgan fingerprint density at radius 3 is 3.00 bits per heavy atom. The van der Waals surface area contributed by atoms with E-state index in [1.807, 2.05) is 42.0 Å². The van der Waals surface area contributed by atoms with Crippen molar-refractivity contribution in [1.82, 2.24) is 9.55 Å². The van der Waals surface area contributed by atoms with Crippen molar-refractivity contribution in [2.24, 2.45) is 0 Å². The Morgan fingerprint density at radius 1 is 1.39 bits per heavy atom. The Labute approximate surface area is 106 Å². The second-order valence-corrected chi connectivity index (χ2v) is 4.00. The summed E-state index contributed by atoms with van der Waals surface area (Å²) in [7, 11) is 0. The fraction of sp³-hybridized carbons (Fsp3) is 0.286. The highest BCUT2D eigenvalue weighted by Gasteiger charge is 2.04. The zero-order valence-electron chi connectivity index (χ0n) is 10.3. The van der Waals surface area contributed by atoms with Crippen LogP contribution in [0.5, 0.6) is 5.75 Å². The van der Waals surface area contributed by atoms with Gasteiger partial charge in [-0.2, -0.15) is 5.26 Å². The van der Waals surface area contributed by atoms with Crippen LogP contribution >= 0.6 is 0 Å². The van der Waals surface area contributed by atoms with Crippen LogP contribution in [0.1, 0.15) is 17.8 Å². The van der Waals surface area contributed by atoms with E-state index >= 15 is 0 Å². The Kier molecular flexibility index (Phi) is 3.98. The van der Waals surface area contributed by atoms with Crippen LogP contribution < -0.4 is 4.74 Å². The number of nitriles is 1. The molecule has 4 nitrogen and oxygen atoms in total. The van der Waals surface area contributed by atoms with Crippen LogP contribution in [0.2, 0.25) is 0 Å². The fourth-order valence-electron chi connectivity index (χ4n) is 1.71. The number of benzene rings is 1. The van der Waals surface area contributed by atoms with Crippen molar-refractivity contribution in [3.05, 3.63) is 48.0 Å². The van der Waals surface area contributed by atoms with Crippen LogP contribution in [-0.2, 0) is 13.2 Å². The molecule has 0 aliphatic rings. The molecule has 2 aromatic rings. The predicted octanol–water partition coefficient (Wildman–Crippen LogP) is 2.68. The van der Waals surface area contributed by atoms with Crippen molar-refractivity contribution in [2.75, 3.05) is 0 Å². The summed E-state index contributed by atoms with van der Waals surface area (Å²) in [5.41, 5.74) is 1.10. The van der Waals surface area contributed by atoms with Crippen LogP contribution in [0.25, 0.3) is 0 Å². The number of nitrogens with zero attached hydrogens (tertiary/aromatic N) is 3. The van der Waals surface area contributed by atoms with Gasteiger partial charge in [-0.25, -0.2) is 4.98 Å². The summed E-state index contributed by atoms with van der Waals surface area (Å²) in [6.45, 7) is 3.09. The van der Waals surface area contributed by atoms with Crippen LogP contribution in [-0.4, -0.2) is 9.55 Å². The molecule has 2 rings (SSSR count). The largest absolute Gasteiger partial charge is 0.485 e. The second-order valence-electron chi connectivity index (χ2n) is 4.00. The first-order valence-electron chi connectivity index (χ1n) is 5.86. The molecule has 0 spiro atoms. The smallest absolute Gasteiger partial charge is 0.146 e. The molecule has 0 radical (unpaired) electrons. The summed E-state index contributed by atoms with van der Waals surface area (Å²) in [5, 5.41) is 8.59. The Hall–Kier alpha value is -2.28. The van der Waals surface area contributed by atoms with Gasteiger partial charge in [0.05, 0.1) is 12.5 Å². The summed E-state index contributed by atoms with van der Waals surface area (Å²) in [6.07, 6.45) is 4.08. The standard InChI is InChI=1S/C14H15N3O/c1-12-5-2-3-6-13(12)18-11-14-16-8-10-17(14)9-4-7-15/h2-3,5-6,8,10H,4,9,11H2,1H3. The van der Waals surface area contributed by atoms with Gasteiger partial charge < -0.3 is 9.30 Å². The number of ether oxygens (including phenoxy) is 1. The molecule has 0 aliphatic carbocycles. The Balaban J connectivity index is 2.01. The molecular formula is C14H15N3O. The van der Waals surface area contributed by atoms with Crippen LogP contribution in [0.15, 0.2) is 36.7 Å². The minimum Gasteiger partial charge on any atom is -0.485 e. The van der Waals surface area contributed by atoms with Gasteiger partial charge in [-0.3, -0.25) is 0 Å². The molecule has 1 aromatic heterocycles. The molecule has 1 aromatic carbocycles. The van der Waals surface area contributed by atoms with E-state index in [0.717, 1.165) is 17.1 Å². The minimum absolute atomic E-state index is 0.420. The highest BCUT2D eigenvalue weighted by molar-refractivity contribution is 5.31. The molecule has 0 atom stereocenters. The van der Waals surface area contributed by atoms with E-state index in [9.17, 15) is 0 Å². The van der Waals surface area contributed by atoms with Gasteiger partial charge in [0.15, 0.2) is 0 Å². The molecule has 0 saturated carbocycles. The molecule has 4 heteroatoms. The lowest BCUT2D eigenvalue weighted by Crippen LogP contribution is -2.07. The third-order valence-electron chi connectivity index (χ3n) is 2.72. The number of para-hydroxylation sites is 1. The SMILES string of the molecule is Cc1ccccc1OCc1nccn1CCC#N. The predicted molar refractivity (Wildman–Crippen MR) is 68.0 cm³/mol. The van der Waals surface area contributed by atoms with Crippen molar-refractivity contribution < 1.29 is 4.74 Å². The maximum Gasteiger partial charge on any atom is 0.146 e. The van der Waals surface area contributed by atoms with Gasteiger partial charge >= 0.3 is 0 Å². The Bertz CT molecular complexity index is 554. The molecule has 1 heterocycles. The summed E-state index contributed by atoms with van der Waals surface area (Å²) in [4.78, 5) is 4.24. The van der Waals surface area contributed by atoms with E-state index < -0.39 is 0 Å². The first-order chi connectivity index (χ1) is 8.81. The van der Waals surface area contributed by atoms with E-state index in [-0.39, 0.29) is 0 Å². The van der Waals surface area contributed by atoms with Gasteiger partial charge in [-0.05, 0) is 18.6 Å². The first-order valence-corrected chi connectivity index (χ1v) is 5.86. The van der Waals surface area contributed by atoms with E-state index in [2.05, 4.69) is 11.1 Å². The van der Waals surface area contributed by atoms with Gasteiger partial charge in [0, 0.05) is 18.9 Å². The second kappa shape index (κ2) is 5.87. The summed E-state index contributed by atoms with van der Waals surface area (Å²) in [6, 6.07) is 10.0. The number of rotatable bonds is 5. The molecule has 0 amide bonds. The van der Waals surface area contributed by atoms with Crippen molar-refractivity contribution in [3.63, 3.8) is 0 Å². The zero-order valence-corrected chi connectivity index (χ0v) is 10.3. The normalized spacial score (nSPS) is 10.0. The topological polar surface area (TPSA) is 50.8 Å². The van der Waals surface area contributed by atoms with Gasteiger partial charge in [-0.1, -0.05) is 18.2 Å². The van der Waals surface area contributed by atoms with Crippen molar-refractivity contribution in [3.8, 4) is 11.8 Å². The maximum absolute atomic E-state index is 8.59. The van der Waals surface area contributed by atoms with Crippen molar-refractivity contribution in [2.45, 2.75) is 26.5 Å². The molecule has 92 valence electrons. The lowest BCUT2D eigenvalue weighted by molar-refractivity contribution is 0.287. The molecule has 0 bridgehead atoms. The molecule has 0 fully saturated rings. The van der Waals surface area contributed by atoms with E-state index in [0.29, 0.717) is 19.6 Å². The molecule has 18 heavy (non-hydrogen) atoms. The first kappa shape index (κ1) is 12.2. The van der Waals surface area contributed by atoms with E-state index in [4.69, 9.17) is 10.00 Å². The minimum atomic E-state index is 0.420. The van der Waals surface area contributed by atoms with Crippen LogP contribution in [0.3, 0.4) is 0 Å². The Morgan fingerprint density at radius 2 is 2.22 bits per heavy atom. The third-order valence-corrected chi connectivity index (χ3v) is 2.72. The third kappa shape index (κ3) is 2.89. The van der Waals surface area contributed by atoms with Crippen molar-refractivity contribution in [1.29, 1.82) is 5.26 Å². The van der Waals surface area contributed by atoms with Gasteiger partial charge in [0.2, 0.25) is 0 Å². The van der Waals surface area contributed by atoms with Gasteiger partial charge in [0.1, 0.15) is 18.2 Å². The highest BCUT2D eigenvalue weighted by Crippen LogP contribution is 2.17. The van der Waals surface area contributed by atoms with E-state index in [1.54, 1.807) is 6.20 Å². The average Bonchev–Trinajstić information content (AvgIpc) is 2.83. The van der Waals surface area contributed by atoms with Crippen LogP contribution in [0.4, 0.5) is 0 Å². The lowest BCUT2D eigenvalue weighted by Gasteiger charge is -2.09. The molecular weight excluding hydrogens is 226 g/mol. The number of aryl methyl sites for hydroxylation is 2. The quantitative estimate of drug-likeness (QED) is 0.808. The molecule has 0 aliphatic heterocycles. The number of hydrogen-bond donors (Lipinski definition) is 0. The highest BCUT2D eigenvalue weighted by atomic mass is 16.5. The van der Waals surface area contributed by atoms with Gasteiger partial charge in [-0.15, -0.1) is 0 Å². The maximum atomic E-state index is 8.59. The lowest BCUT2D eigenvalue weighted by atomic mass is 10.2. The summed E-state index contributed by atoms with van der Waals surface area (Å²) >= 11 is 0. The van der Waals surface area contributed by atoms with Gasteiger partial charge in [0.25, 0.3) is 0 Å². The zero-order chi connectivity index (χ0) is 12.8. The monoisotopic (exact) mass is 241 g/mol. The van der Waals surface area contributed by atoms with Crippen LogP contribution in [0, 0.1) is 18.3 Å².